The van der Waals surface area contributed by atoms with Crippen LogP contribution in [-0.2, 0) is 4.79 Å². The van der Waals surface area contributed by atoms with Crippen molar-refractivity contribution in [3.63, 3.8) is 0 Å². The standard InChI is InChI=1S/C18H21N3O4/c1-11-7-12(2)9-14(8-11)19-13(3)18(22)20-16-6-5-15(21(23)24)10-17(16)25-4/h5-10,13,19H,1-4H3,(H,20,22)/t13-/m1/s1. The van der Waals surface area contributed by atoms with Crippen LogP contribution < -0.4 is 15.4 Å². The van der Waals surface area contributed by atoms with Gasteiger partial charge >= 0.3 is 0 Å². The van der Waals surface area contributed by atoms with Crippen molar-refractivity contribution in [2.45, 2.75) is 26.8 Å². The fraction of sp³-hybridized carbons (Fsp3) is 0.278. The van der Waals surface area contributed by atoms with Crippen molar-refractivity contribution < 1.29 is 14.5 Å². The number of nitro benzene ring substituents is 1. The van der Waals surface area contributed by atoms with Gasteiger partial charge in [0.2, 0.25) is 5.91 Å². The van der Waals surface area contributed by atoms with Gasteiger partial charge in [-0.15, -0.1) is 0 Å². The molecule has 7 nitrogen and oxygen atoms in total. The molecule has 0 saturated carbocycles. The number of carbonyl (C=O) groups is 1. The molecule has 0 spiro atoms. The summed E-state index contributed by atoms with van der Waals surface area (Å²) in [6.07, 6.45) is 0. The SMILES string of the molecule is COc1cc([N+](=O)[O-])ccc1NC(=O)[C@@H](C)Nc1cc(C)cc(C)c1. The van der Waals surface area contributed by atoms with Crippen LogP contribution in [0.4, 0.5) is 17.1 Å². The van der Waals surface area contributed by atoms with Crippen LogP contribution in [0.15, 0.2) is 36.4 Å². The predicted molar refractivity (Wildman–Crippen MR) is 97.3 cm³/mol. The third kappa shape index (κ3) is 4.69. The molecule has 0 radical (unpaired) electrons. The maximum Gasteiger partial charge on any atom is 0.273 e. The molecule has 0 bridgehead atoms. The minimum absolute atomic E-state index is 0.101. The van der Waals surface area contributed by atoms with Crippen molar-refractivity contribution in [2.24, 2.45) is 0 Å². The zero-order chi connectivity index (χ0) is 18.6. The van der Waals surface area contributed by atoms with Crippen LogP contribution in [0.25, 0.3) is 0 Å². The van der Waals surface area contributed by atoms with Crippen molar-refractivity contribution in [3.05, 3.63) is 57.6 Å². The number of rotatable bonds is 6. The van der Waals surface area contributed by atoms with E-state index in [0.29, 0.717) is 5.69 Å². The van der Waals surface area contributed by atoms with Gasteiger partial charge in [-0.3, -0.25) is 14.9 Å². The maximum atomic E-state index is 12.4. The summed E-state index contributed by atoms with van der Waals surface area (Å²) in [6, 6.07) is 9.53. The van der Waals surface area contributed by atoms with Crippen molar-refractivity contribution in [1.82, 2.24) is 0 Å². The van der Waals surface area contributed by atoms with Gasteiger partial charge in [-0.2, -0.15) is 0 Å². The first-order chi connectivity index (χ1) is 11.8. The lowest BCUT2D eigenvalue weighted by atomic mass is 10.1. The van der Waals surface area contributed by atoms with Crippen molar-refractivity contribution in [3.8, 4) is 5.75 Å². The number of carbonyl (C=O) groups excluding carboxylic acids is 1. The quantitative estimate of drug-likeness (QED) is 0.617. The Kier molecular flexibility index (Phi) is 5.59. The molecule has 0 saturated heterocycles. The monoisotopic (exact) mass is 343 g/mol. The van der Waals surface area contributed by atoms with Gasteiger partial charge < -0.3 is 15.4 Å². The Hall–Kier alpha value is -3.09. The third-order valence-corrected chi connectivity index (χ3v) is 3.65. The van der Waals surface area contributed by atoms with Crippen LogP contribution in [0.2, 0.25) is 0 Å². The molecule has 0 aromatic heterocycles. The van der Waals surface area contributed by atoms with E-state index >= 15 is 0 Å². The number of nitrogens with zero attached hydrogens (tertiary/aromatic N) is 1. The Balaban J connectivity index is 2.11. The number of non-ortho nitro benzene ring substituents is 1. The lowest BCUT2D eigenvalue weighted by molar-refractivity contribution is -0.384. The highest BCUT2D eigenvalue weighted by atomic mass is 16.6. The Morgan fingerprint density at radius 2 is 1.80 bits per heavy atom. The van der Waals surface area contributed by atoms with E-state index in [0.717, 1.165) is 16.8 Å². The Bertz CT molecular complexity index is 785. The number of benzene rings is 2. The highest BCUT2D eigenvalue weighted by Crippen LogP contribution is 2.29. The van der Waals surface area contributed by atoms with E-state index in [9.17, 15) is 14.9 Å². The van der Waals surface area contributed by atoms with Crippen LogP contribution in [0.5, 0.6) is 5.75 Å². The Morgan fingerprint density at radius 3 is 2.36 bits per heavy atom. The number of anilines is 2. The molecule has 0 fully saturated rings. The second kappa shape index (κ2) is 7.65. The van der Waals surface area contributed by atoms with Crippen LogP contribution in [0.3, 0.4) is 0 Å². The smallest absolute Gasteiger partial charge is 0.273 e. The van der Waals surface area contributed by atoms with Crippen LogP contribution in [0, 0.1) is 24.0 Å². The van der Waals surface area contributed by atoms with Crippen molar-refractivity contribution in [1.29, 1.82) is 0 Å². The first-order valence-electron chi connectivity index (χ1n) is 7.78. The summed E-state index contributed by atoms with van der Waals surface area (Å²) in [5, 5.41) is 16.7. The van der Waals surface area contributed by atoms with E-state index in [1.165, 1.54) is 25.3 Å². The van der Waals surface area contributed by atoms with Gasteiger partial charge in [0.15, 0.2) is 0 Å². The van der Waals surface area contributed by atoms with Crippen molar-refractivity contribution in [2.75, 3.05) is 17.7 Å². The van der Waals surface area contributed by atoms with E-state index in [2.05, 4.69) is 16.7 Å². The van der Waals surface area contributed by atoms with Crippen molar-refractivity contribution >= 4 is 23.0 Å². The van der Waals surface area contributed by atoms with E-state index in [1.54, 1.807) is 6.92 Å². The predicted octanol–water partition coefficient (Wildman–Crippen LogP) is 3.66. The summed E-state index contributed by atoms with van der Waals surface area (Å²) in [5.41, 5.74) is 3.35. The summed E-state index contributed by atoms with van der Waals surface area (Å²) in [5.74, 6) is -0.0348. The maximum absolute atomic E-state index is 12.4. The fourth-order valence-corrected chi connectivity index (χ4v) is 2.51. The second-order valence-corrected chi connectivity index (χ2v) is 5.87. The number of amides is 1. The summed E-state index contributed by atoms with van der Waals surface area (Å²) in [4.78, 5) is 22.7. The molecule has 2 N–H and O–H groups in total. The molecule has 0 heterocycles. The van der Waals surface area contributed by atoms with E-state index in [1.807, 2.05) is 26.0 Å². The number of nitro groups is 1. The zero-order valence-corrected chi connectivity index (χ0v) is 14.6. The highest BCUT2D eigenvalue weighted by molar-refractivity contribution is 5.97. The lowest BCUT2D eigenvalue weighted by Gasteiger charge is -2.17. The minimum atomic E-state index is -0.516. The third-order valence-electron chi connectivity index (χ3n) is 3.65. The zero-order valence-electron chi connectivity index (χ0n) is 14.6. The summed E-state index contributed by atoms with van der Waals surface area (Å²) in [6.45, 7) is 5.72. The molecule has 0 aliphatic rings. The largest absolute Gasteiger partial charge is 0.494 e. The second-order valence-electron chi connectivity index (χ2n) is 5.87. The first kappa shape index (κ1) is 18.3. The molecule has 0 aliphatic heterocycles. The summed E-state index contributed by atoms with van der Waals surface area (Å²) in [7, 11) is 1.39. The lowest BCUT2D eigenvalue weighted by Crippen LogP contribution is -2.32. The van der Waals surface area contributed by atoms with Gasteiger partial charge in [0.1, 0.15) is 11.8 Å². The molecule has 132 valence electrons. The van der Waals surface area contributed by atoms with Gasteiger partial charge in [0.25, 0.3) is 5.69 Å². The normalized spacial score (nSPS) is 11.5. The van der Waals surface area contributed by atoms with Crippen LogP contribution in [-0.4, -0.2) is 24.0 Å². The Labute approximate surface area is 146 Å². The molecule has 25 heavy (non-hydrogen) atoms. The van der Waals surface area contributed by atoms with Gasteiger partial charge in [0, 0.05) is 11.8 Å². The number of ether oxygens (including phenoxy) is 1. The first-order valence-corrected chi connectivity index (χ1v) is 7.78. The van der Waals surface area contributed by atoms with E-state index in [4.69, 9.17) is 4.74 Å². The minimum Gasteiger partial charge on any atom is -0.494 e. The van der Waals surface area contributed by atoms with E-state index < -0.39 is 11.0 Å². The molecule has 2 rings (SSSR count). The van der Waals surface area contributed by atoms with Gasteiger partial charge in [-0.1, -0.05) is 6.07 Å². The number of methoxy groups -OCH3 is 1. The molecular weight excluding hydrogens is 322 g/mol. The topological polar surface area (TPSA) is 93.5 Å². The summed E-state index contributed by atoms with van der Waals surface area (Å²) < 4.78 is 5.13. The molecule has 1 atom stereocenters. The van der Waals surface area contributed by atoms with E-state index in [-0.39, 0.29) is 17.3 Å². The number of aryl methyl sites for hydroxylation is 2. The molecule has 0 aliphatic carbocycles. The average Bonchev–Trinajstić information content (AvgIpc) is 2.53. The number of hydrogen-bond acceptors (Lipinski definition) is 5. The highest BCUT2D eigenvalue weighted by Gasteiger charge is 2.17. The molecule has 2 aromatic carbocycles. The molecule has 0 unspecified atom stereocenters. The van der Waals surface area contributed by atoms with Gasteiger partial charge in [0.05, 0.1) is 23.8 Å². The molecule has 7 heteroatoms. The van der Waals surface area contributed by atoms with Crippen LogP contribution >= 0.6 is 0 Å². The summed E-state index contributed by atoms with van der Waals surface area (Å²) >= 11 is 0. The van der Waals surface area contributed by atoms with Crippen LogP contribution in [0.1, 0.15) is 18.1 Å². The number of hydrogen-bond donors (Lipinski definition) is 2. The number of nitrogens with one attached hydrogen (secondary N) is 2. The van der Waals surface area contributed by atoms with Gasteiger partial charge in [-0.25, -0.2) is 0 Å². The molecular formula is C18H21N3O4. The molecule has 1 amide bonds. The fourth-order valence-electron chi connectivity index (χ4n) is 2.51. The average molecular weight is 343 g/mol. The van der Waals surface area contributed by atoms with Gasteiger partial charge in [-0.05, 0) is 50.1 Å². The Morgan fingerprint density at radius 1 is 1.16 bits per heavy atom. The molecule has 2 aromatic rings.